The highest BCUT2D eigenvalue weighted by molar-refractivity contribution is 5.65. The average molecular weight is 168 g/mol. The van der Waals surface area contributed by atoms with Crippen molar-refractivity contribution in [3.05, 3.63) is 0 Å². The highest BCUT2D eigenvalue weighted by atomic mass is 16.4. The van der Waals surface area contributed by atoms with Crippen molar-refractivity contribution in [2.24, 2.45) is 5.92 Å². The molecule has 1 aliphatic carbocycles. The van der Waals surface area contributed by atoms with Gasteiger partial charge in [-0.1, -0.05) is 12.8 Å². The highest BCUT2D eigenvalue weighted by Crippen LogP contribution is 2.23. The molecule has 2 atom stereocenters. The zero-order valence-electron chi connectivity index (χ0n) is 6.79. The average Bonchev–Trinajstić information content (AvgIpc) is 2.04. The van der Waals surface area contributed by atoms with Crippen LogP contribution in [0, 0.1) is 17.2 Å². The van der Waals surface area contributed by atoms with E-state index >= 15 is 0 Å². The van der Waals surface area contributed by atoms with Crippen molar-refractivity contribution >= 4 is 6.09 Å². The van der Waals surface area contributed by atoms with Gasteiger partial charge in [-0.2, -0.15) is 5.26 Å². The van der Waals surface area contributed by atoms with E-state index in [4.69, 9.17) is 10.4 Å². The topological polar surface area (TPSA) is 73.1 Å². The molecule has 0 radical (unpaired) electrons. The van der Waals surface area contributed by atoms with Crippen LogP contribution in [-0.2, 0) is 0 Å². The van der Waals surface area contributed by atoms with Crippen molar-refractivity contribution in [2.45, 2.75) is 31.7 Å². The van der Waals surface area contributed by atoms with Gasteiger partial charge in [0.2, 0.25) is 0 Å². The van der Waals surface area contributed by atoms with Crippen molar-refractivity contribution < 1.29 is 9.90 Å². The number of carboxylic acid groups (broad SMARTS) is 1. The maximum atomic E-state index is 10.3. The van der Waals surface area contributed by atoms with Gasteiger partial charge in [-0.05, 0) is 12.8 Å². The van der Waals surface area contributed by atoms with Gasteiger partial charge in [-0.3, -0.25) is 0 Å². The summed E-state index contributed by atoms with van der Waals surface area (Å²) in [6.07, 6.45) is 2.65. The standard InChI is InChI=1S/C8H12N2O2/c9-5-6-3-1-2-4-7(6)10-8(11)12/h6-7,10H,1-4H2,(H,11,12). The largest absolute Gasteiger partial charge is 0.465 e. The Morgan fingerprint density at radius 1 is 1.50 bits per heavy atom. The molecule has 0 spiro atoms. The van der Waals surface area contributed by atoms with Crippen LogP contribution in [0.25, 0.3) is 0 Å². The number of amides is 1. The van der Waals surface area contributed by atoms with Crippen LogP contribution in [0.5, 0.6) is 0 Å². The van der Waals surface area contributed by atoms with Crippen LogP contribution < -0.4 is 5.32 Å². The van der Waals surface area contributed by atoms with E-state index in [0.29, 0.717) is 0 Å². The third-order valence-corrected chi connectivity index (χ3v) is 2.24. The normalized spacial score (nSPS) is 28.9. The minimum absolute atomic E-state index is 0.130. The Morgan fingerprint density at radius 2 is 2.17 bits per heavy atom. The second kappa shape index (κ2) is 3.96. The quantitative estimate of drug-likeness (QED) is 0.620. The number of hydrogen-bond donors (Lipinski definition) is 2. The summed E-state index contributed by atoms with van der Waals surface area (Å²) in [5.41, 5.74) is 0. The van der Waals surface area contributed by atoms with Crippen molar-refractivity contribution in [1.82, 2.24) is 5.32 Å². The number of nitrogens with one attached hydrogen (secondary N) is 1. The molecule has 1 amide bonds. The molecular formula is C8H12N2O2. The molecule has 2 N–H and O–H groups in total. The molecule has 1 rings (SSSR count). The van der Waals surface area contributed by atoms with Crippen LogP contribution in [0.3, 0.4) is 0 Å². The lowest BCUT2D eigenvalue weighted by molar-refractivity contribution is 0.181. The molecule has 4 heteroatoms. The van der Waals surface area contributed by atoms with Gasteiger partial charge in [0.25, 0.3) is 0 Å². The van der Waals surface area contributed by atoms with Gasteiger partial charge in [0, 0.05) is 6.04 Å². The summed E-state index contributed by atoms with van der Waals surface area (Å²) < 4.78 is 0. The van der Waals surface area contributed by atoms with Crippen molar-refractivity contribution in [3.8, 4) is 6.07 Å². The molecule has 0 aromatic carbocycles. The van der Waals surface area contributed by atoms with E-state index < -0.39 is 6.09 Å². The minimum atomic E-state index is -1.03. The number of hydrogen-bond acceptors (Lipinski definition) is 2. The molecule has 0 bridgehead atoms. The number of nitrogens with zero attached hydrogens (tertiary/aromatic N) is 1. The summed E-state index contributed by atoms with van der Waals surface area (Å²) >= 11 is 0. The van der Waals surface area contributed by atoms with Crippen LogP contribution in [0.2, 0.25) is 0 Å². The maximum absolute atomic E-state index is 10.3. The van der Waals surface area contributed by atoms with Crippen LogP contribution in [0.1, 0.15) is 25.7 Å². The van der Waals surface area contributed by atoms with E-state index in [1.807, 2.05) is 0 Å². The monoisotopic (exact) mass is 168 g/mol. The molecule has 1 aliphatic rings. The molecule has 0 saturated heterocycles. The molecule has 66 valence electrons. The lowest BCUT2D eigenvalue weighted by atomic mass is 9.86. The molecule has 0 heterocycles. The molecule has 1 saturated carbocycles. The number of nitriles is 1. The molecule has 4 nitrogen and oxygen atoms in total. The van der Waals surface area contributed by atoms with Gasteiger partial charge in [-0.15, -0.1) is 0 Å². The first-order chi connectivity index (χ1) is 5.74. The molecule has 2 unspecified atom stereocenters. The summed E-state index contributed by atoms with van der Waals surface area (Å²) in [4.78, 5) is 10.3. The zero-order valence-corrected chi connectivity index (χ0v) is 6.79. The fourth-order valence-corrected chi connectivity index (χ4v) is 1.62. The van der Waals surface area contributed by atoms with E-state index in [1.54, 1.807) is 0 Å². The lowest BCUT2D eigenvalue weighted by Crippen LogP contribution is -2.40. The van der Waals surface area contributed by atoms with Crippen molar-refractivity contribution in [2.75, 3.05) is 0 Å². The van der Waals surface area contributed by atoms with Crippen LogP contribution >= 0.6 is 0 Å². The van der Waals surface area contributed by atoms with Crippen molar-refractivity contribution in [3.63, 3.8) is 0 Å². The third-order valence-electron chi connectivity index (χ3n) is 2.24. The fraction of sp³-hybridized carbons (Fsp3) is 0.750. The van der Waals surface area contributed by atoms with Gasteiger partial charge in [0.1, 0.15) is 0 Å². The van der Waals surface area contributed by atoms with Crippen LogP contribution in [0.4, 0.5) is 4.79 Å². The summed E-state index contributed by atoms with van der Waals surface area (Å²) in [6.45, 7) is 0. The minimum Gasteiger partial charge on any atom is -0.465 e. The Bertz CT molecular complexity index is 210. The molecule has 1 fully saturated rings. The SMILES string of the molecule is N#CC1CCCCC1NC(=O)O. The maximum Gasteiger partial charge on any atom is 0.404 e. The molecule has 0 aromatic heterocycles. The second-order valence-electron chi connectivity index (χ2n) is 3.08. The predicted octanol–water partition coefficient (Wildman–Crippen LogP) is 1.34. The van der Waals surface area contributed by atoms with Crippen LogP contribution in [-0.4, -0.2) is 17.2 Å². The van der Waals surface area contributed by atoms with Gasteiger partial charge in [0.15, 0.2) is 0 Å². The van der Waals surface area contributed by atoms with Gasteiger partial charge >= 0.3 is 6.09 Å². The number of rotatable bonds is 1. The molecular weight excluding hydrogens is 156 g/mol. The summed E-state index contributed by atoms with van der Waals surface area (Å²) in [5, 5.41) is 19.5. The van der Waals surface area contributed by atoms with Gasteiger partial charge in [0.05, 0.1) is 12.0 Å². The first kappa shape index (κ1) is 8.85. The first-order valence-corrected chi connectivity index (χ1v) is 4.13. The smallest absolute Gasteiger partial charge is 0.404 e. The Kier molecular flexibility index (Phi) is 2.92. The van der Waals surface area contributed by atoms with E-state index in [-0.39, 0.29) is 12.0 Å². The molecule has 0 aliphatic heterocycles. The summed E-state index contributed by atoms with van der Waals surface area (Å²) in [5.74, 6) is -0.130. The molecule has 0 aromatic rings. The molecule has 12 heavy (non-hydrogen) atoms. The second-order valence-corrected chi connectivity index (χ2v) is 3.08. The van der Waals surface area contributed by atoms with E-state index in [2.05, 4.69) is 11.4 Å². The highest BCUT2D eigenvalue weighted by Gasteiger charge is 2.25. The van der Waals surface area contributed by atoms with Gasteiger partial charge < -0.3 is 10.4 Å². The Hall–Kier alpha value is -1.24. The first-order valence-electron chi connectivity index (χ1n) is 4.13. The summed E-state index contributed by atoms with van der Waals surface area (Å²) in [7, 11) is 0. The summed E-state index contributed by atoms with van der Waals surface area (Å²) in [6, 6.07) is 1.98. The Balaban J connectivity index is 2.48. The Morgan fingerprint density at radius 3 is 2.75 bits per heavy atom. The zero-order chi connectivity index (χ0) is 8.97. The van der Waals surface area contributed by atoms with E-state index in [1.165, 1.54) is 0 Å². The lowest BCUT2D eigenvalue weighted by Gasteiger charge is -2.26. The van der Waals surface area contributed by atoms with E-state index in [9.17, 15) is 4.79 Å². The third kappa shape index (κ3) is 2.12. The Labute approximate surface area is 71.2 Å². The van der Waals surface area contributed by atoms with Gasteiger partial charge in [-0.25, -0.2) is 4.79 Å². The fourth-order valence-electron chi connectivity index (χ4n) is 1.62. The predicted molar refractivity (Wildman–Crippen MR) is 42.5 cm³/mol. The van der Waals surface area contributed by atoms with Crippen LogP contribution in [0.15, 0.2) is 0 Å². The number of carbonyl (C=O) groups is 1. The van der Waals surface area contributed by atoms with Crippen molar-refractivity contribution in [1.29, 1.82) is 5.26 Å². The van der Waals surface area contributed by atoms with E-state index in [0.717, 1.165) is 25.7 Å².